The number of carbonyl (C=O) groups excluding carboxylic acids is 2. The lowest BCUT2D eigenvalue weighted by Gasteiger charge is -2.48. The number of carboxylic acids is 1. The van der Waals surface area contributed by atoms with Gasteiger partial charge >= 0.3 is 11.6 Å². The number of fused-ring (bicyclic) bond motifs is 1. The van der Waals surface area contributed by atoms with E-state index in [0.29, 0.717) is 17.4 Å². The van der Waals surface area contributed by atoms with Crippen molar-refractivity contribution in [2.75, 3.05) is 19.8 Å². The highest BCUT2D eigenvalue weighted by Gasteiger charge is 2.57. The van der Waals surface area contributed by atoms with Gasteiger partial charge in [-0.3, -0.25) is 9.59 Å². The van der Waals surface area contributed by atoms with Crippen LogP contribution in [-0.2, 0) is 44.5 Å². The minimum Gasteiger partial charge on any atom is -0.477 e. The molecule has 0 unspecified atom stereocenters. The Kier molecular flexibility index (Phi) is 18.0. The average Bonchev–Trinajstić information content (AvgIpc) is 3.30. The van der Waals surface area contributed by atoms with Crippen LogP contribution in [0.15, 0.2) is 63.8 Å². The molecular weight excluding hydrogens is 904 g/mol. The van der Waals surface area contributed by atoms with Crippen molar-refractivity contribution in [2.45, 2.75) is 150 Å². The fraction of sp³-hybridized carbons (Fsp3) is 0.600. The Morgan fingerprint density at radius 1 is 0.868 bits per heavy atom. The maximum Gasteiger partial charge on any atom is 0.364 e. The second kappa shape index (κ2) is 23.3. The Morgan fingerprint density at radius 3 is 2.26 bits per heavy atom. The number of nitrogens with one attached hydrogen (secondary N) is 2. The van der Waals surface area contributed by atoms with Gasteiger partial charge in [-0.2, -0.15) is 0 Å². The monoisotopic (exact) mass is 964 g/mol. The first-order chi connectivity index (χ1) is 32.3. The van der Waals surface area contributed by atoms with Gasteiger partial charge in [0.2, 0.25) is 18.1 Å². The average molecular weight is 965 g/mol. The number of aryl methyl sites for hydroxylation is 2. The molecule has 0 bridgehead atoms. The molecule has 0 radical (unpaired) electrons. The molecular formula is C45H60N2O21. The molecule has 3 fully saturated rings. The summed E-state index contributed by atoms with van der Waals surface area (Å²) < 4.78 is 39.5. The van der Waals surface area contributed by atoms with Crippen LogP contribution in [0, 0.1) is 6.92 Å². The van der Waals surface area contributed by atoms with E-state index < -0.39 is 147 Å². The zero-order valence-electron chi connectivity index (χ0n) is 37.2. The van der Waals surface area contributed by atoms with Gasteiger partial charge in [-0.15, -0.1) is 0 Å². The van der Waals surface area contributed by atoms with E-state index in [2.05, 4.69) is 10.6 Å². The molecule has 0 spiro atoms. The Labute approximate surface area is 388 Å². The molecule has 2 amide bonds. The zero-order chi connectivity index (χ0) is 49.4. The number of benzene rings is 2. The van der Waals surface area contributed by atoms with Crippen molar-refractivity contribution in [3.63, 3.8) is 0 Å². The quantitative estimate of drug-likeness (QED) is 0.0402. The summed E-state index contributed by atoms with van der Waals surface area (Å²) in [5.74, 6) is -5.91. The molecule has 376 valence electrons. The van der Waals surface area contributed by atoms with Gasteiger partial charge in [0.05, 0.1) is 31.5 Å². The molecule has 0 saturated carbocycles. The van der Waals surface area contributed by atoms with Crippen LogP contribution in [0.5, 0.6) is 5.75 Å². The van der Waals surface area contributed by atoms with Gasteiger partial charge in [0.25, 0.3) is 5.79 Å². The van der Waals surface area contributed by atoms with Crippen molar-refractivity contribution in [3.05, 3.63) is 76.1 Å². The molecule has 4 heterocycles. The summed E-state index contributed by atoms with van der Waals surface area (Å²) in [4.78, 5) is 49.6. The highest BCUT2D eigenvalue weighted by Crippen LogP contribution is 2.36. The molecule has 6 rings (SSSR count). The number of carbonyl (C=O) groups is 3. The lowest BCUT2D eigenvalue weighted by atomic mass is 9.88. The van der Waals surface area contributed by atoms with Crippen LogP contribution in [0.25, 0.3) is 11.0 Å². The van der Waals surface area contributed by atoms with Crippen molar-refractivity contribution < 1.29 is 98.3 Å². The number of aliphatic hydroxyl groups is 9. The van der Waals surface area contributed by atoms with Gasteiger partial charge in [-0.25, -0.2) is 9.59 Å². The first-order valence-electron chi connectivity index (χ1n) is 22.2. The lowest BCUT2D eigenvalue weighted by molar-refractivity contribution is -0.362. The molecule has 3 aromatic rings. The van der Waals surface area contributed by atoms with E-state index in [9.17, 15) is 70.2 Å². The highest BCUT2D eigenvalue weighted by atomic mass is 16.8. The molecule has 3 aliphatic rings. The Hall–Kier alpha value is -4.70. The minimum absolute atomic E-state index is 0.0426. The second-order valence-electron chi connectivity index (χ2n) is 17.2. The number of aliphatic hydroxyl groups excluding tert-OH is 9. The number of unbranched alkanes of at least 4 members (excludes halogenated alkanes) is 2. The van der Waals surface area contributed by atoms with E-state index in [0.717, 1.165) is 26.2 Å². The van der Waals surface area contributed by atoms with Crippen LogP contribution < -0.4 is 21.0 Å². The van der Waals surface area contributed by atoms with Gasteiger partial charge < -0.3 is 94.5 Å². The number of ether oxygens (including phenoxy) is 6. The van der Waals surface area contributed by atoms with Crippen LogP contribution in [0.3, 0.4) is 0 Å². The molecule has 2 aromatic carbocycles. The normalized spacial score (nSPS) is 32.8. The van der Waals surface area contributed by atoms with E-state index in [1.807, 2.05) is 30.3 Å². The van der Waals surface area contributed by atoms with Gasteiger partial charge in [-0.1, -0.05) is 36.8 Å². The standard InChI is InChI=1S/C45H60N2O21/c1-21-15-32(53)64-28-16-24(13-14-25(21)28)63-42-39(59)37(57)40(29(19-48)65-42)67-43-38(58)36(56)35(55)30(66-43)20-62-45(44(60)61)17-26(50)33(47-22(2)49)41(68-45)34(54)27(51)18-46-31(52)12-8-4-7-11-23-9-5-3-6-10-23/h3,5-6,9-10,13-16,26-27,29-30,33-43,48,50-51,54-59H,4,7-8,11-12,17-20H2,1-2H3,(H,46,52)(H,47,49)(H,60,61)/t26-,27+,29+,30+,33+,34+,35-,36-,37+,38+,39+,40+,41+,42+,43-,45+/m0/s1. The van der Waals surface area contributed by atoms with Crippen LogP contribution >= 0.6 is 0 Å². The van der Waals surface area contributed by atoms with Gasteiger partial charge in [0, 0.05) is 43.8 Å². The van der Waals surface area contributed by atoms with Crippen molar-refractivity contribution in [1.82, 2.24) is 10.6 Å². The number of hydrogen-bond acceptors (Lipinski definition) is 20. The second-order valence-corrected chi connectivity index (χ2v) is 17.2. The number of aliphatic carboxylic acids is 1. The predicted octanol–water partition coefficient (Wildman–Crippen LogP) is -2.79. The number of hydrogen-bond donors (Lipinski definition) is 12. The summed E-state index contributed by atoms with van der Waals surface area (Å²) in [6, 6.07) is 14.0. The largest absolute Gasteiger partial charge is 0.477 e. The summed E-state index contributed by atoms with van der Waals surface area (Å²) >= 11 is 0. The lowest BCUT2D eigenvalue weighted by Crippen LogP contribution is -2.69. The van der Waals surface area contributed by atoms with Crippen molar-refractivity contribution in [1.29, 1.82) is 0 Å². The van der Waals surface area contributed by atoms with E-state index in [1.54, 1.807) is 13.0 Å². The molecule has 23 nitrogen and oxygen atoms in total. The highest BCUT2D eigenvalue weighted by molar-refractivity contribution is 5.81. The molecule has 0 aliphatic carbocycles. The van der Waals surface area contributed by atoms with E-state index in [4.69, 9.17) is 32.8 Å². The maximum absolute atomic E-state index is 12.9. The van der Waals surface area contributed by atoms with Gasteiger partial charge in [-0.05, 0) is 49.4 Å². The summed E-state index contributed by atoms with van der Waals surface area (Å²) in [7, 11) is 0. The molecule has 68 heavy (non-hydrogen) atoms. The third-order valence-electron chi connectivity index (χ3n) is 12.2. The first kappa shape index (κ1) is 52.7. The zero-order valence-corrected chi connectivity index (χ0v) is 37.2. The van der Waals surface area contributed by atoms with Crippen LogP contribution in [0.1, 0.15) is 50.2 Å². The summed E-state index contributed by atoms with van der Waals surface area (Å²) in [6.07, 6.45) is -24.1. The first-order valence-corrected chi connectivity index (χ1v) is 22.2. The topological polar surface area (TPSA) is 363 Å². The van der Waals surface area contributed by atoms with E-state index in [1.165, 1.54) is 23.8 Å². The number of amides is 2. The summed E-state index contributed by atoms with van der Waals surface area (Å²) in [5.41, 5.74) is 1.33. The van der Waals surface area contributed by atoms with Gasteiger partial charge in [0.15, 0.2) is 6.29 Å². The van der Waals surface area contributed by atoms with Gasteiger partial charge in [0.1, 0.15) is 72.4 Å². The van der Waals surface area contributed by atoms with Crippen LogP contribution in [-0.4, -0.2) is 186 Å². The van der Waals surface area contributed by atoms with Crippen molar-refractivity contribution >= 4 is 28.8 Å². The SMILES string of the molecule is CC(=O)N[C@H]1[C@H]([C@H](O)[C@H](O)CNC(=O)CCCCCc2ccccc2)O[C@@](OC[C@H]2O[C@@H](O[C@H]3[C@H](O)[C@@H](O)[C@H](Oc4ccc5c(C)cc(=O)oc5c4)O[C@@H]3CO)[C@H](O)[C@@H](O)[C@H]2O)(C(=O)O)C[C@@H]1O. The molecule has 23 heteroatoms. The van der Waals surface area contributed by atoms with Crippen LogP contribution in [0.4, 0.5) is 0 Å². The third kappa shape index (κ3) is 12.5. The molecule has 3 saturated heterocycles. The Bertz CT molecular complexity index is 2210. The fourth-order valence-electron chi connectivity index (χ4n) is 8.40. The minimum atomic E-state index is -2.90. The molecule has 16 atom stereocenters. The smallest absolute Gasteiger partial charge is 0.364 e. The maximum atomic E-state index is 12.9. The summed E-state index contributed by atoms with van der Waals surface area (Å²) in [6.45, 7) is 0.365. The molecule has 1 aromatic heterocycles. The van der Waals surface area contributed by atoms with Crippen molar-refractivity contribution in [3.8, 4) is 5.75 Å². The fourth-order valence-corrected chi connectivity index (χ4v) is 8.40. The number of rotatable bonds is 20. The predicted molar refractivity (Wildman–Crippen MR) is 230 cm³/mol. The Morgan fingerprint density at radius 2 is 1.57 bits per heavy atom. The molecule has 3 aliphatic heterocycles. The van der Waals surface area contributed by atoms with E-state index >= 15 is 0 Å². The van der Waals surface area contributed by atoms with Crippen LogP contribution in [0.2, 0.25) is 0 Å². The summed E-state index contributed by atoms with van der Waals surface area (Å²) in [5, 5.41) is 115. The third-order valence-corrected chi connectivity index (χ3v) is 12.2. The van der Waals surface area contributed by atoms with Crippen molar-refractivity contribution in [2.24, 2.45) is 0 Å². The Balaban J connectivity index is 1.08. The molecule has 12 N–H and O–H groups in total. The number of carboxylic acid groups (broad SMARTS) is 1. The van der Waals surface area contributed by atoms with E-state index in [-0.39, 0.29) is 17.8 Å².